The van der Waals surface area contributed by atoms with Crippen LogP contribution < -0.4 is 25.8 Å². The van der Waals surface area contributed by atoms with Crippen LogP contribution in [0, 0.1) is 5.92 Å². The molecule has 0 aromatic heterocycles. The number of carbonyl (C=O) groups excluding carboxylic acids is 1. The zero-order valence-corrected chi connectivity index (χ0v) is 18.9. The van der Waals surface area contributed by atoms with Crippen molar-refractivity contribution in [1.29, 1.82) is 0 Å². The summed E-state index contributed by atoms with van der Waals surface area (Å²) in [5.74, 6) is 1.79. The van der Waals surface area contributed by atoms with Crippen LogP contribution in [0.15, 0.2) is 47.5 Å². The first-order valence-electron chi connectivity index (χ1n) is 9.28. The molecule has 1 saturated carbocycles. The van der Waals surface area contributed by atoms with Gasteiger partial charge in [0.25, 0.3) is 0 Å². The van der Waals surface area contributed by atoms with E-state index in [0.29, 0.717) is 18.0 Å². The second-order valence-electron chi connectivity index (χ2n) is 6.71. The highest BCUT2D eigenvalue weighted by Crippen LogP contribution is 2.30. The first-order chi connectivity index (χ1) is 13.6. The molecule has 0 spiro atoms. The van der Waals surface area contributed by atoms with Crippen LogP contribution in [0.5, 0.6) is 11.5 Å². The number of guanidine groups is 1. The molecule has 0 bridgehead atoms. The van der Waals surface area contributed by atoms with Crippen LogP contribution in [0.3, 0.4) is 0 Å². The molecule has 0 unspecified atom stereocenters. The van der Waals surface area contributed by atoms with Gasteiger partial charge in [0, 0.05) is 23.4 Å². The molecule has 1 aliphatic rings. The Kier molecular flexibility index (Phi) is 8.56. The summed E-state index contributed by atoms with van der Waals surface area (Å²) >= 11 is 0. The smallest absolute Gasteiger partial charge is 0.227 e. The molecule has 1 amide bonds. The Hall–Kier alpha value is -2.49. The molecule has 0 radical (unpaired) electrons. The maximum absolute atomic E-state index is 12.1. The molecule has 2 aromatic rings. The molecule has 0 heterocycles. The predicted molar refractivity (Wildman–Crippen MR) is 126 cm³/mol. The summed E-state index contributed by atoms with van der Waals surface area (Å²) in [4.78, 5) is 16.5. The number of amides is 1. The minimum atomic E-state index is 0. The van der Waals surface area contributed by atoms with Crippen LogP contribution in [0.25, 0.3) is 0 Å². The summed E-state index contributed by atoms with van der Waals surface area (Å²) in [7, 11) is 3.17. The number of anilines is 2. The second kappa shape index (κ2) is 10.9. The zero-order chi connectivity index (χ0) is 19.9. The van der Waals surface area contributed by atoms with Crippen LogP contribution in [-0.4, -0.2) is 26.1 Å². The maximum Gasteiger partial charge on any atom is 0.227 e. The van der Waals surface area contributed by atoms with Gasteiger partial charge in [-0.25, -0.2) is 4.99 Å². The van der Waals surface area contributed by atoms with Gasteiger partial charge in [-0.15, -0.1) is 24.0 Å². The third-order valence-corrected chi connectivity index (χ3v) is 4.76. The molecule has 7 nitrogen and oxygen atoms in total. The molecule has 8 heteroatoms. The van der Waals surface area contributed by atoms with Crippen LogP contribution in [0.2, 0.25) is 0 Å². The number of halogens is 1. The summed E-state index contributed by atoms with van der Waals surface area (Å²) in [5, 5.41) is 6.01. The van der Waals surface area contributed by atoms with Crippen LogP contribution in [-0.2, 0) is 11.3 Å². The molecule has 29 heavy (non-hydrogen) atoms. The number of aliphatic imine (C=N–C) groups is 1. The van der Waals surface area contributed by atoms with Crippen molar-refractivity contribution < 1.29 is 14.3 Å². The molecule has 0 atom stereocenters. The SMILES string of the molecule is COc1ccc(NC(N)=NCc2cccc(NC(=O)C3CCC3)c2)cc1OC.I. The van der Waals surface area contributed by atoms with Gasteiger partial charge in [-0.05, 0) is 42.7 Å². The van der Waals surface area contributed by atoms with Gasteiger partial charge in [-0.1, -0.05) is 18.6 Å². The van der Waals surface area contributed by atoms with Crippen molar-refractivity contribution >= 4 is 47.2 Å². The van der Waals surface area contributed by atoms with E-state index in [1.807, 2.05) is 30.3 Å². The molecule has 0 aliphatic heterocycles. The van der Waals surface area contributed by atoms with Gasteiger partial charge in [-0.3, -0.25) is 4.79 Å². The Labute approximate surface area is 188 Å². The van der Waals surface area contributed by atoms with Crippen molar-refractivity contribution in [1.82, 2.24) is 0 Å². The fourth-order valence-electron chi connectivity index (χ4n) is 2.94. The largest absolute Gasteiger partial charge is 0.493 e. The highest BCUT2D eigenvalue weighted by molar-refractivity contribution is 14.0. The van der Waals surface area contributed by atoms with E-state index >= 15 is 0 Å². The number of nitrogens with two attached hydrogens (primary N) is 1. The Morgan fingerprint density at radius 2 is 1.79 bits per heavy atom. The standard InChI is InChI=1S/C21H26N4O3.HI/c1-27-18-10-9-17(12-19(18)28-2)25-21(22)23-13-14-5-3-8-16(11-14)24-20(26)15-6-4-7-15;/h3,5,8-12,15H,4,6-7,13H2,1-2H3,(H,24,26)(H3,22,23,25);1H. The predicted octanol–water partition coefficient (Wildman–Crippen LogP) is 3.99. The summed E-state index contributed by atoms with van der Waals surface area (Å²) < 4.78 is 10.5. The van der Waals surface area contributed by atoms with Gasteiger partial charge in [-0.2, -0.15) is 0 Å². The molecule has 1 fully saturated rings. The Bertz CT molecular complexity index is 869. The highest BCUT2D eigenvalue weighted by atomic mass is 127. The van der Waals surface area contributed by atoms with E-state index in [1.54, 1.807) is 26.4 Å². The molecule has 156 valence electrons. The second-order valence-corrected chi connectivity index (χ2v) is 6.71. The van der Waals surface area contributed by atoms with Crippen LogP contribution >= 0.6 is 24.0 Å². The summed E-state index contributed by atoms with van der Waals surface area (Å²) in [6, 6.07) is 13.1. The average Bonchev–Trinajstić information content (AvgIpc) is 2.65. The lowest BCUT2D eigenvalue weighted by atomic mass is 9.85. The molecule has 2 aromatic carbocycles. The summed E-state index contributed by atoms with van der Waals surface area (Å²) in [6.45, 7) is 0.402. The van der Waals surface area contributed by atoms with Gasteiger partial charge in [0.05, 0.1) is 20.8 Å². The minimum Gasteiger partial charge on any atom is -0.493 e. The van der Waals surface area contributed by atoms with E-state index in [0.717, 1.165) is 36.2 Å². The Morgan fingerprint density at radius 3 is 2.45 bits per heavy atom. The van der Waals surface area contributed by atoms with E-state index in [-0.39, 0.29) is 41.8 Å². The van der Waals surface area contributed by atoms with Crippen molar-refractivity contribution in [2.24, 2.45) is 16.6 Å². The normalized spacial score (nSPS) is 13.7. The number of methoxy groups -OCH3 is 2. The van der Waals surface area contributed by atoms with E-state index in [1.165, 1.54) is 0 Å². The number of hydrogen-bond donors (Lipinski definition) is 3. The summed E-state index contributed by atoms with van der Waals surface area (Å²) in [6.07, 6.45) is 3.10. The number of nitrogens with zero attached hydrogens (tertiary/aromatic N) is 1. The zero-order valence-electron chi connectivity index (χ0n) is 16.6. The lowest BCUT2D eigenvalue weighted by Crippen LogP contribution is -2.28. The van der Waals surface area contributed by atoms with Crippen LogP contribution in [0.1, 0.15) is 24.8 Å². The lowest BCUT2D eigenvalue weighted by Gasteiger charge is -2.24. The minimum absolute atomic E-state index is 0. The van der Waals surface area contributed by atoms with Gasteiger partial charge in [0.2, 0.25) is 5.91 Å². The van der Waals surface area contributed by atoms with Gasteiger partial charge in [0.15, 0.2) is 17.5 Å². The quantitative estimate of drug-likeness (QED) is 0.298. The van der Waals surface area contributed by atoms with E-state index < -0.39 is 0 Å². The molecule has 3 rings (SSSR count). The van der Waals surface area contributed by atoms with E-state index in [2.05, 4.69) is 15.6 Å². The fourth-order valence-corrected chi connectivity index (χ4v) is 2.94. The topological polar surface area (TPSA) is 98.0 Å². The van der Waals surface area contributed by atoms with Crippen molar-refractivity contribution in [2.75, 3.05) is 24.9 Å². The van der Waals surface area contributed by atoms with Crippen LogP contribution in [0.4, 0.5) is 11.4 Å². The summed E-state index contributed by atoms with van der Waals surface area (Å²) in [5.41, 5.74) is 8.50. The van der Waals surface area contributed by atoms with E-state index in [9.17, 15) is 4.79 Å². The van der Waals surface area contributed by atoms with Crippen molar-refractivity contribution in [3.8, 4) is 11.5 Å². The molecular weight excluding hydrogens is 483 g/mol. The number of rotatable bonds is 7. The third-order valence-electron chi connectivity index (χ3n) is 4.76. The average molecular weight is 510 g/mol. The van der Waals surface area contributed by atoms with Crippen molar-refractivity contribution in [3.05, 3.63) is 48.0 Å². The molecule has 1 aliphatic carbocycles. The number of carbonyl (C=O) groups is 1. The first-order valence-corrected chi connectivity index (χ1v) is 9.28. The number of ether oxygens (including phenoxy) is 2. The molecule has 0 saturated heterocycles. The Balaban J connectivity index is 0.00000300. The molecular formula is C21H27IN4O3. The Morgan fingerprint density at radius 1 is 1.07 bits per heavy atom. The highest BCUT2D eigenvalue weighted by Gasteiger charge is 2.25. The fraction of sp³-hybridized carbons (Fsp3) is 0.333. The third kappa shape index (κ3) is 6.25. The monoisotopic (exact) mass is 510 g/mol. The number of nitrogens with one attached hydrogen (secondary N) is 2. The van der Waals surface area contributed by atoms with Gasteiger partial charge >= 0.3 is 0 Å². The van der Waals surface area contributed by atoms with Gasteiger partial charge < -0.3 is 25.8 Å². The number of hydrogen-bond acceptors (Lipinski definition) is 4. The van der Waals surface area contributed by atoms with Crippen molar-refractivity contribution in [3.63, 3.8) is 0 Å². The first kappa shape index (κ1) is 22.8. The maximum atomic E-state index is 12.1. The lowest BCUT2D eigenvalue weighted by molar-refractivity contribution is -0.122. The molecule has 4 N–H and O–H groups in total. The van der Waals surface area contributed by atoms with Crippen molar-refractivity contribution in [2.45, 2.75) is 25.8 Å². The van der Waals surface area contributed by atoms with E-state index in [4.69, 9.17) is 15.2 Å². The van der Waals surface area contributed by atoms with Gasteiger partial charge in [0.1, 0.15) is 0 Å². The number of benzene rings is 2.